The monoisotopic (exact) mass is 457 g/mol. The zero-order chi connectivity index (χ0) is 21.4. The van der Waals surface area contributed by atoms with Crippen molar-refractivity contribution >= 4 is 0 Å². The Hall–Kier alpha value is -0.781. The van der Waals surface area contributed by atoms with Crippen LogP contribution >= 0.6 is 0 Å². The molecule has 2 atom stereocenters. The first-order valence-corrected chi connectivity index (χ1v) is 11.0. The Labute approximate surface area is 203 Å². The van der Waals surface area contributed by atoms with Gasteiger partial charge in [0.15, 0.2) is 0 Å². The second-order valence-corrected chi connectivity index (χ2v) is 7.49. The molecule has 0 unspecified atom stereocenters. The summed E-state index contributed by atoms with van der Waals surface area (Å²) in [4.78, 5) is 2.30. The van der Waals surface area contributed by atoms with Crippen LogP contribution in [-0.2, 0) is 17.1 Å². The van der Waals surface area contributed by atoms with Crippen molar-refractivity contribution in [2.24, 2.45) is 0 Å². The van der Waals surface area contributed by atoms with Crippen LogP contribution in [0.3, 0.4) is 0 Å². The van der Waals surface area contributed by atoms with Crippen LogP contribution in [-0.4, -0.2) is 29.2 Å². The molecule has 2 aliphatic rings. The zero-order valence-corrected chi connectivity index (χ0v) is 19.8. The van der Waals surface area contributed by atoms with E-state index in [-0.39, 0.29) is 35.8 Å². The molecule has 0 amide bonds. The molecule has 0 saturated heterocycles. The standard InChI is InChI=1S/C23H30NO.C5H5.Fe/c1-3-4-5-6-8-13-20(2)24(18-21-14-11-12-15-21)23(19-25)22-16-9-7-10-17-22;1-2-4-5-3-1;/h7,9-12,14-17,20,23,25H,3-6,18-19H2,1-2H3;1-5H;/q;;+2/t20-,23+;;/m1../s1. The van der Waals surface area contributed by atoms with E-state index in [1.165, 1.54) is 25.2 Å². The molecule has 0 bridgehead atoms. The normalized spacial score (nSPS) is 17.8. The molecule has 2 aliphatic carbocycles. The minimum Gasteiger partial charge on any atom is -0.394 e. The van der Waals surface area contributed by atoms with Gasteiger partial charge < -0.3 is 5.11 Å². The number of aliphatic hydroxyl groups excluding tert-OH is 1. The zero-order valence-electron chi connectivity index (χ0n) is 18.7. The van der Waals surface area contributed by atoms with E-state index in [0.717, 1.165) is 18.5 Å². The number of hydrogen-bond donors (Lipinski definition) is 1. The molecule has 2 saturated carbocycles. The second kappa shape index (κ2) is 17.7. The molecule has 0 aliphatic heterocycles. The van der Waals surface area contributed by atoms with Crippen LogP contribution < -0.4 is 0 Å². The molecule has 164 valence electrons. The Morgan fingerprint density at radius 3 is 2.06 bits per heavy atom. The van der Waals surface area contributed by atoms with Gasteiger partial charge in [-0.05, 0) is 82.6 Å². The van der Waals surface area contributed by atoms with Crippen LogP contribution in [0.4, 0.5) is 0 Å². The average molecular weight is 457 g/mol. The molecule has 1 N–H and O–H groups in total. The molecule has 0 heterocycles. The number of nitrogens with zero attached hydrogens (tertiary/aromatic N) is 1. The summed E-state index contributed by atoms with van der Waals surface area (Å²) >= 11 is 0. The van der Waals surface area contributed by atoms with Crippen LogP contribution in [0.5, 0.6) is 0 Å². The summed E-state index contributed by atoms with van der Waals surface area (Å²) in [7, 11) is 0. The van der Waals surface area contributed by atoms with Gasteiger partial charge in [-0.3, -0.25) is 4.90 Å². The van der Waals surface area contributed by atoms with Gasteiger partial charge >= 0.3 is 17.1 Å². The quantitative estimate of drug-likeness (QED) is 0.304. The number of rotatable bonds is 9. The van der Waals surface area contributed by atoms with Crippen LogP contribution in [0, 0.1) is 75.5 Å². The van der Waals surface area contributed by atoms with Crippen LogP contribution in [0.2, 0.25) is 0 Å². The predicted molar refractivity (Wildman–Crippen MR) is 126 cm³/mol. The first-order chi connectivity index (χ1) is 14.8. The molecular weight excluding hydrogens is 422 g/mol. The first-order valence-electron chi connectivity index (χ1n) is 11.0. The number of aliphatic hydroxyl groups is 1. The van der Waals surface area contributed by atoms with E-state index in [1.54, 1.807) is 0 Å². The molecule has 3 rings (SSSR count). The van der Waals surface area contributed by atoms with Crippen molar-refractivity contribution in [3.8, 4) is 11.8 Å². The van der Waals surface area contributed by atoms with Crippen LogP contribution in [0.1, 0.15) is 51.1 Å². The third kappa shape index (κ3) is 11.1. The molecule has 31 heavy (non-hydrogen) atoms. The third-order valence-electron chi connectivity index (χ3n) is 5.12. The fourth-order valence-electron chi connectivity index (χ4n) is 3.41. The molecular formula is C28H35FeNO+2. The van der Waals surface area contributed by atoms with E-state index in [1.807, 2.05) is 50.3 Å². The van der Waals surface area contributed by atoms with Gasteiger partial charge in [0.05, 0.1) is 18.7 Å². The Balaban J connectivity index is 0.000000701. The Morgan fingerprint density at radius 1 is 0.903 bits per heavy atom. The topological polar surface area (TPSA) is 23.5 Å². The van der Waals surface area contributed by atoms with Gasteiger partial charge in [0.25, 0.3) is 0 Å². The van der Waals surface area contributed by atoms with Gasteiger partial charge in [-0.2, -0.15) is 0 Å². The minimum atomic E-state index is -0.0453. The molecule has 3 heteroatoms. The smallest absolute Gasteiger partial charge is 0.394 e. The van der Waals surface area contributed by atoms with E-state index >= 15 is 0 Å². The van der Waals surface area contributed by atoms with Gasteiger partial charge in [-0.15, -0.1) is 5.92 Å². The van der Waals surface area contributed by atoms with Gasteiger partial charge in [0.2, 0.25) is 0 Å². The fourth-order valence-corrected chi connectivity index (χ4v) is 3.41. The van der Waals surface area contributed by atoms with Gasteiger partial charge in [-0.1, -0.05) is 56.0 Å². The molecule has 0 aromatic heterocycles. The van der Waals surface area contributed by atoms with E-state index < -0.39 is 0 Å². The van der Waals surface area contributed by atoms with Gasteiger partial charge in [0, 0.05) is 13.0 Å². The van der Waals surface area contributed by atoms with E-state index in [4.69, 9.17) is 0 Å². The summed E-state index contributed by atoms with van der Waals surface area (Å²) in [6, 6.07) is 10.3. The maximum atomic E-state index is 10.1. The molecule has 0 spiro atoms. The van der Waals surface area contributed by atoms with Gasteiger partial charge in [0.1, 0.15) is 0 Å². The molecule has 2 nitrogen and oxygen atoms in total. The maximum absolute atomic E-state index is 10.1. The van der Waals surface area contributed by atoms with E-state index in [2.05, 4.69) is 68.4 Å². The number of unbranched alkanes of at least 4 members (excludes halogenated alkanes) is 3. The summed E-state index contributed by atoms with van der Waals surface area (Å²) in [6.45, 7) is 5.23. The molecule has 10 radical (unpaired) electrons. The third-order valence-corrected chi connectivity index (χ3v) is 5.12. The summed E-state index contributed by atoms with van der Waals surface area (Å²) in [5.74, 6) is 8.00. The molecule has 1 aromatic carbocycles. The van der Waals surface area contributed by atoms with E-state index in [0.29, 0.717) is 0 Å². The maximum Gasteiger partial charge on any atom is 2.00 e. The van der Waals surface area contributed by atoms with Crippen molar-refractivity contribution < 1.29 is 22.2 Å². The van der Waals surface area contributed by atoms with Crippen molar-refractivity contribution in [1.82, 2.24) is 4.90 Å². The summed E-state index contributed by atoms with van der Waals surface area (Å²) in [5, 5.41) is 10.1. The fraction of sp³-hybridized carbons (Fsp3) is 0.357. The van der Waals surface area contributed by atoms with Crippen LogP contribution in [0.15, 0.2) is 30.3 Å². The summed E-state index contributed by atoms with van der Waals surface area (Å²) in [5.41, 5.74) is 1.14. The largest absolute Gasteiger partial charge is 2.00 e. The van der Waals surface area contributed by atoms with Crippen molar-refractivity contribution in [1.29, 1.82) is 0 Å². The SMILES string of the molecule is CCCCCC#C[C@@H](C)N(C[C]1[CH][CH][CH][CH]1)[C@@H](CO)c1ccccc1.[CH]1[CH][CH][CH][CH]1.[Fe+2]. The Morgan fingerprint density at radius 2 is 1.52 bits per heavy atom. The summed E-state index contributed by atoms with van der Waals surface area (Å²) < 4.78 is 0. The predicted octanol–water partition coefficient (Wildman–Crippen LogP) is 5.42. The number of hydrogen-bond acceptors (Lipinski definition) is 2. The number of benzene rings is 1. The second-order valence-electron chi connectivity index (χ2n) is 7.49. The van der Waals surface area contributed by atoms with Crippen molar-refractivity contribution in [3.05, 3.63) is 99.6 Å². The van der Waals surface area contributed by atoms with Gasteiger partial charge in [-0.25, -0.2) is 0 Å². The van der Waals surface area contributed by atoms with Crippen molar-refractivity contribution in [3.63, 3.8) is 0 Å². The average Bonchev–Trinajstić information content (AvgIpc) is 3.51. The summed E-state index contributed by atoms with van der Waals surface area (Å²) in [6.07, 6.45) is 23.0. The molecule has 2 fully saturated rings. The Bertz CT molecular complexity index is 591. The Kier molecular flexibility index (Phi) is 16.2. The first kappa shape index (κ1) is 28.3. The van der Waals surface area contributed by atoms with Crippen LogP contribution in [0.25, 0.3) is 0 Å². The van der Waals surface area contributed by atoms with Crippen molar-refractivity contribution in [2.75, 3.05) is 13.2 Å². The minimum absolute atomic E-state index is 0. The molecule has 1 aromatic rings. The van der Waals surface area contributed by atoms with Crippen molar-refractivity contribution in [2.45, 2.75) is 51.6 Å². The van der Waals surface area contributed by atoms with E-state index in [9.17, 15) is 5.11 Å².